The second-order valence-corrected chi connectivity index (χ2v) is 2.81. The van der Waals surface area contributed by atoms with E-state index in [1.807, 2.05) is 20.8 Å². The highest BCUT2D eigenvalue weighted by atomic mass is 16.3. The zero-order chi connectivity index (χ0) is 7.44. The highest BCUT2D eigenvalue weighted by Crippen LogP contribution is 2.05. The first-order valence-corrected chi connectivity index (χ1v) is 3.53. The first-order chi connectivity index (χ1) is 4.09. The molecule has 0 saturated heterocycles. The standard InChI is InChI=1S/C7H17NO/c1-4-6(8)7(9)5(2)3/h5-7,9H,4,8H2,1-3H3/t6-,7-/m1/s1. The van der Waals surface area contributed by atoms with E-state index >= 15 is 0 Å². The Morgan fingerprint density at radius 3 is 2.00 bits per heavy atom. The van der Waals surface area contributed by atoms with Gasteiger partial charge in [0.25, 0.3) is 0 Å². The van der Waals surface area contributed by atoms with Gasteiger partial charge in [0.15, 0.2) is 0 Å². The summed E-state index contributed by atoms with van der Waals surface area (Å²) in [6.07, 6.45) is 0.509. The van der Waals surface area contributed by atoms with E-state index in [1.54, 1.807) is 0 Å². The lowest BCUT2D eigenvalue weighted by atomic mass is 9.99. The maximum Gasteiger partial charge on any atom is 0.0713 e. The van der Waals surface area contributed by atoms with Crippen LogP contribution in [0.15, 0.2) is 0 Å². The Kier molecular flexibility index (Phi) is 3.82. The lowest BCUT2D eigenvalue weighted by Gasteiger charge is -2.20. The van der Waals surface area contributed by atoms with Crippen LogP contribution in [0, 0.1) is 5.92 Å². The molecule has 0 aliphatic carbocycles. The third-order valence-electron chi connectivity index (χ3n) is 1.59. The normalized spacial score (nSPS) is 18.0. The van der Waals surface area contributed by atoms with Crippen LogP contribution in [0.4, 0.5) is 0 Å². The van der Waals surface area contributed by atoms with Gasteiger partial charge in [0.05, 0.1) is 6.10 Å². The fraction of sp³-hybridized carbons (Fsp3) is 1.00. The van der Waals surface area contributed by atoms with Crippen LogP contribution < -0.4 is 5.73 Å². The molecule has 0 aliphatic heterocycles. The Morgan fingerprint density at radius 1 is 1.44 bits per heavy atom. The molecule has 9 heavy (non-hydrogen) atoms. The molecule has 0 amide bonds. The minimum atomic E-state index is -0.338. The lowest BCUT2D eigenvalue weighted by molar-refractivity contribution is 0.0964. The van der Waals surface area contributed by atoms with Crippen molar-refractivity contribution >= 4 is 0 Å². The molecule has 0 bridgehead atoms. The van der Waals surface area contributed by atoms with Gasteiger partial charge in [0, 0.05) is 6.04 Å². The zero-order valence-electron chi connectivity index (χ0n) is 6.46. The summed E-state index contributed by atoms with van der Waals surface area (Å²) in [7, 11) is 0. The summed E-state index contributed by atoms with van der Waals surface area (Å²) in [5.74, 6) is 0.278. The first-order valence-electron chi connectivity index (χ1n) is 3.53. The molecule has 0 aliphatic rings. The monoisotopic (exact) mass is 131 g/mol. The number of aliphatic hydroxyl groups excluding tert-OH is 1. The Labute approximate surface area is 57.1 Å². The van der Waals surface area contributed by atoms with Crippen molar-refractivity contribution in [2.24, 2.45) is 11.7 Å². The maximum absolute atomic E-state index is 9.27. The molecule has 2 atom stereocenters. The van der Waals surface area contributed by atoms with Crippen molar-refractivity contribution in [2.75, 3.05) is 0 Å². The van der Waals surface area contributed by atoms with Gasteiger partial charge in [-0.1, -0.05) is 20.8 Å². The van der Waals surface area contributed by atoms with Crippen LogP contribution in [-0.4, -0.2) is 17.3 Å². The van der Waals surface area contributed by atoms with Crippen molar-refractivity contribution in [1.29, 1.82) is 0 Å². The summed E-state index contributed by atoms with van der Waals surface area (Å²) in [4.78, 5) is 0. The number of aliphatic hydroxyl groups is 1. The topological polar surface area (TPSA) is 46.2 Å². The molecule has 0 rings (SSSR count). The summed E-state index contributed by atoms with van der Waals surface area (Å²) in [5, 5.41) is 9.27. The molecule has 0 saturated carbocycles. The molecule has 56 valence electrons. The molecule has 0 unspecified atom stereocenters. The second-order valence-electron chi connectivity index (χ2n) is 2.81. The highest BCUT2D eigenvalue weighted by Gasteiger charge is 2.15. The van der Waals surface area contributed by atoms with Gasteiger partial charge in [0.1, 0.15) is 0 Å². The van der Waals surface area contributed by atoms with Crippen molar-refractivity contribution in [1.82, 2.24) is 0 Å². The molecule has 0 radical (unpaired) electrons. The van der Waals surface area contributed by atoms with Crippen LogP contribution in [0.25, 0.3) is 0 Å². The lowest BCUT2D eigenvalue weighted by Crippen LogP contribution is -2.37. The summed E-state index contributed by atoms with van der Waals surface area (Å²) >= 11 is 0. The van der Waals surface area contributed by atoms with E-state index in [0.717, 1.165) is 6.42 Å². The molecule has 2 nitrogen and oxygen atoms in total. The van der Waals surface area contributed by atoms with Crippen molar-refractivity contribution < 1.29 is 5.11 Å². The van der Waals surface area contributed by atoms with E-state index in [-0.39, 0.29) is 18.1 Å². The zero-order valence-corrected chi connectivity index (χ0v) is 6.46. The van der Waals surface area contributed by atoms with Gasteiger partial charge >= 0.3 is 0 Å². The Balaban J connectivity index is 3.58. The largest absolute Gasteiger partial charge is 0.391 e. The van der Waals surface area contributed by atoms with Crippen molar-refractivity contribution in [2.45, 2.75) is 39.3 Å². The molecular weight excluding hydrogens is 114 g/mol. The van der Waals surface area contributed by atoms with Gasteiger partial charge in [-0.3, -0.25) is 0 Å². The van der Waals surface area contributed by atoms with Crippen molar-refractivity contribution in [3.63, 3.8) is 0 Å². The first kappa shape index (κ1) is 8.92. The Morgan fingerprint density at radius 2 is 1.89 bits per heavy atom. The number of hydrogen-bond donors (Lipinski definition) is 2. The van der Waals surface area contributed by atoms with E-state index in [2.05, 4.69) is 0 Å². The van der Waals surface area contributed by atoms with Crippen molar-refractivity contribution in [3.8, 4) is 0 Å². The van der Waals surface area contributed by atoms with E-state index in [9.17, 15) is 5.11 Å². The third kappa shape index (κ3) is 2.82. The molecule has 3 N–H and O–H groups in total. The minimum Gasteiger partial charge on any atom is -0.391 e. The summed E-state index contributed by atoms with van der Waals surface area (Å²) in [6, 6.07) is -0.0509. The molecule has 2 heteroatoms. The second kappa shape index (κ2) is 3.85. The van der Waals surface area contributed by atoms with Crippen LogP contribution in [0.2, 0.25) is 0 Å². The van der Waals surface area contributed by atoms with E-state index in [1.165, 1.54) is 0 Å². The van der Waals surface area contributed by atoms with Crippen LogP contribution in [0.1, 0.15) is 27.2 Å². The number of hydrogen-bond acceptors (Lipinski definition) is 2. The molecule has 0 aromatic rings. The van der Waals surface area contributed by atoms with Gasteiger partial charge < -0.3 is 10.8 Å². The predicted molar refractivity (Wildman–Crippen MR) is 39.1 cm³/mol. The molecular formula is C7H17NO. The fourth-order valence-corrected chi connectivity index (χ4v) is 0.736. The SMILES string of the molecule is CC[C@@H](N)[C@H](O)C(C)C. The quantitative estimate of drug-likeness (QED) is 0.593. The van der Waals surface area contributed by atoms with Crippen LogP contribution in [-0.2, 0) is 0 Å². The highest BCUT2D eigenvalue weighted by molar-refractivity contribution is 4.72. The van der Waals surface area contributed by atoms with Gasteiger partial charge in [-0.25, -0.2) is 0 Å². The Bertz CT molecular complexity index is 73.3. The van der Waals surface area contributed by atoms with E-state index in [0.29, 0.717) is 0 Å². The summed E-state index contributed by atoms with van der Waals surface area (Å²) in [6.45, 7) is 5.93. The molecule has 0 aromatic heterocycles. The van der Waals surface area contributed by atoms with Gasteiger partial charge in [0.2, 0.25) is 0 Å². The van der Waals surface area contributed by atoms with Gasteiger partial charge in [-0.05, 0) is 12.3 Å². The third-order valence-corrected chi connectivity index (χ3v) is 1.59. The summed E-state index contributed by atoms with van der Waals surface area (Å²) < 4.78 is 0. The number of rotatable bonds is 3. The average Bonchev–Trinajstić information content (AvgIpc) is 1.84. The fourth-order valence-electron chi connectivity index (χ4n) is 0.736. The van der Waals surface area contributed by atoms with Crippen LogP contribution in [0.3, 0.4) is 0 Å². The van der Waals surface area contributed by atoms with E-state index in [4.69, 9.17) is 5.73 Å². The van der Waals surface area contributed by atoms with E-state index < -0.39 is 0 Å². The molecule has 0 aromatic carbocycles. The van der Waals surface area contributed by atoms with Crippen LogP contribution >= 0.6 is 0 Å². The predicted octanol–water partition coefficient (Wildman–Crippen LogP) is 0.741. The van der Waals surface area contributed by atoms with Crippen molar-refractivity contribution in [3.05, 3.63) is 0 Å². The maximum atomic E-state index is 9.27. The van der Waals surface area contributed by atoms with Gasteiger partial charge in [-0.2, -0.15) is 0 Å². The van der Waals surface area contributed by atoms with Crippen LogP contribution in [0.5, 0.6) is 0 Å². The Hall–Kier alpha value is -0.0800. The minimum absolute atomic E-state index is 0.0509. The smallest absolute Gasteiger partial charge is 0.0713 e. The van der Waals surface area contributed by atoms with Gasteiger partial charge in [-0.15, -0.1) is 0 Å². The average molecular weight is 131 g/mol. The molecule has 0 fully saturated rings. The summed E-state index contributed by atoms with van der Waals surface area (Å²) in [5.41, 5.74) is 5.57. The molecule has 0 heterocycles. The number of nitrogens with two attached hydrogens (primary N) is 1. The molecule has 0 spiro atoms.